The Hall–Kier alpha value is -3.31. The first-order chi connectivity index (χ1) is 19.7. The third kappa shape index (κ3) is 5.12. The first-order valence-electron chi connectivity index (χ1n) is 15.1. The van der Waals surface area contributed by atoms with Gasteiger partial charge in [0, 0.05) is 35.2 Å². The molecule has 1 saturated heterocycles. The van der Waals surface area contributed by atoms with Gasteiger partial charge in [-0.1, -0.05) is 93.1 Å². The third-order valence-electron chi connectivity index (χ3n) is 8.92. The van der Waals surface area contributed by atoms with Gasteiger partial charge in [-0.3, -0.25) is 14.7 Å². The molecule has 204 valence electrons. The highest BCUT2D eigenvalue weighted by Gasteiger charge is 2.39. The Morgan fingerprint density at radius 3 is 2.38 bits per heavy atom. The number of aliphatic imine (C=N–C) groups is 1. The van der Waals surface area contributed by atoms with E-state index in [1.807, 2.05) is 0 Å². The van der Waals surface area contributed by atoms with Crippen molar-refractivity contribution in [3.63, 3.8) is 0 Å². The molecule has 7 rings (SSSR count). The summed E-state index contributed by atoms with van der Waals surface area (Å²) in [7, 11) is 0. The number of thioether (sulfide) groups is 1. The fraction of sp³-hybridized carbons (Fsp3) is 0.371. The largest absolute Gasteiger partial charge is 0.342 e. The van der Waals surface area contributed by atoms with Crippen molar-refractivity contribution in [1.82, 2.24) is 9.47 Å². The van der Waals surface area contributed by atoms with Gasteiger partial charge < -0.3 is 4.57 Å². The highest BCUT2D eigenvalue weighted by molar-refractivity contribution is 8.18. The molecule has 0 spiro atoms. The lowest BCUT2D eigenvalue weighted by molar-refractivity contribution is -0.124. The van der Waals surface area contributed by atoms with E-state index < -0.39 is 0 Å². The number of rotatable bonds is 5. The van der Waals surface area contributed by atoms with E-state index in [1.165, 1.54) is 65.8 Å². The van der Waals surface area contributed by atoms with Crippen molar-refractivity contribution in [2.75, 3.05) is 0 Å². The van der Waals surface area contributed by atoms with Crippen LogP contribution in [-0.2, 0) is 11.3 Å². The van der Waals surface area contributed by atoms with Crippen LogP contribution in [0.2, 0.25) is 0 Å². The molecular formula is C35H37N3OS. The number of benzene rings is 3. The van der Waals surface area contributed by atoms with Gasteiger partial charge in [-0.15, -0.1) is 0 Å². The zero-order valence-electron chi connectivity index (χ0n) is 23.1. The second-order valence-corrected chi connectivity index (χ2v) is 12.7. The van der Waals surface area contributed by atoms with Gasteiger partial charge in [0.2, 0.25) is 0 Å². The summed E-state index contributed by atoms with van der Waals surface area (Å²) in [6.45, 7) is 0.790. The molecule has 0 unspecified atom stereocenters. The molecule has 0 radical (unpaired) electrons. The van der Waals surface area contributed by atoms with Crippen molar-refractivity contribution >= 4 is 50.6 Å². The van der Waals surface area contributed by atoms with Gasteiger partial charge in [0.25, 0.3) is 5.91 Å². The van der Waals surface area contributed by atoms with Crippen LogP contribution in [0.1, 0.15) is 75.3 Å². The van der Waals surface area contributed by atoms with E-state index in [0.29, 0.717) is 6.04 Å². The van der Waals surface area contributed by atoms with E-state index in [0.717, 1.165) is 47.9 Å². The van der Waals surface area contributed by atoms with Gasteiger partial charge in [0.1, 0.15) is 0 Å². The lowest BCUT2D eigenvalue weighted by Gasteiger charge is -2.31. The second kappa shape index (κ2) is 11.3. The minimum absolute atomic E-state index is 0.151. The third-order valence-corrected chi connectivity index (χ3v) is 9.91. The number of amides is 1. The maximum atomic E-state index is 14.0. The predicted molar refractivity (Wildman–Crippen MR) is 169 cm³/mol. The molecule has 3 aliphatic rings. The fourth-order valence-electron chi connectivity index (χ4n) is 6.80. The van der Waals surface area contributed by atoms with Crippen LogP contribution in [0.25, 0.3) is 27.8 Å². The average Bonchev–Trinajstić information content (AvgIpc) is 3.50. The molecule has 1 aromatic heterocycles. The first-order valence-corrected chi connectivity index (χ1v) is 15.9. The van der Waals surface area contributed by atoms with Crippen molar-refractivity contribution < 1.29 is 4.79 Å². The molecule has 4 nitrogen and oxygen atoms in total. The van der Waals surface area contributed by atoms with Crippen LogP contribution in [-0.4, -0.2) is 32.6 Å². The van der Waals surface area contributed by atoms with Crippen LogP contribution in [0.15, 0.2) is 82.8 Å². The number of fused-ring (bicyclic) bond motifs is 2. The number of carbonyl (C=O) groups excluding carboxylic acids is 1. The molecular weight excluding hydrogens is 510 g/mol. The maximum Gasteiger partial charge on any atom is 0.267 e. The zero-order valence-corrected chi connectivity index (χ0v) is 23.9. The Bertz CT molecular complexity index is 1600. The summed E-state index contributed by atoms with van der Waals surface area (Å²) in [6, 6.07) is 24.5. The first kappa shape index (κ1) is 25.6. The molecule has 0 bridgehead atoms. The summed E-state index contributed by atoms with van der Waals surface area (Å²) in [5.41, 5.74) is 3.57. The molecule has 0 N–H and O–H groups in total. The second-order valence-electron chi connectivity index (χ2n) is 11.7. The zero-order chi connectivity index (χ0) is 26.9. The standard InChI is InChI=1S/C35H37N3OS/c39-34-33(40-35(36-29-13-3-1-4-14-29)38(34)30-15-5-2-6-16-30)22-28-24-37(32-18-10-9-17-31(28)32)23-25-19-20-26-11-7-8-12-27(26)21-25/h7-12,17-22,24,29-30H,1-6,13-16,23H2. The lowest BCUT2D eigenvalue weighted by Crippen LogP contribution is -2.41. The topological polar surface area (TPSA) is 37.6 Å². The molecule has 3 fully saturated rings. The van der Waals surface area contributed by atoms with Crippen molar-refractivity contribution in [3.8, 4) is 0 Å². The summed E-state index contributed by atoms with van der Waals surface area (Å²) in [4.78, 5) is 22.1. The maximum absolute atomic E-state index is 14.0. The SMILES string of the molecule is O=C1C(=Cc2cn(Cc3ccc4ccccc4c3)c3ccccc23)SC(=NC2CCCCC2)N1C1CCCCC1. The van der Waals surface area contributed by atoms with Gasteiger partial charge in [-0.25, -0.2) is 0 Å². The van der Waals surface area contributed by atoms with E-state index in [9.17, 15) is 4.79 Å². The highest BCUT2D eigenvalue weighted by Crippen LogP contribution is 2.39. The molecule has 3 aromatic carbocycles. The Kier molecular flexibility index (Phi) is 7.24. The Morgan fingerprint density at radius 2 is 1.55 bits per heavy atom. The summed E-state index contributed by atoms with van der Waals surface area (Å²) in [5, 5.41) is 4.67. The Balaban J connectivity index is 1.23. The van der Waals surface area contributed by atoms with Crippen LogP contribution in [0.3, 0.4) is 0 Å². The molecule has 1 amide bonds. The van der Waals surface area contributed by atoms with E-state index in [4.69, 9.17) is 4.99 Å². The number of hydrogen-bond donors (Lipinski definition) is 0. The van der Waals surface area contributed by atoms with Crippen LogP contribution in [0.4, 0.5) is 0 Å². The highest BCUT2D eigenvalue weighted by atomic mass is 32.2. The van der Waals surface area contributed by atoms with Crippen molar-refractivity contribution in [2.24, 2.45) is 4.99 Å². The van der Waals surface area contributed by atoms with Gasteiger partial charge in [-0.05, 0) is 72.0 Å². The van der Waals surface area contributed by atoms with Gasteiger partial charge >= 0.3 is 0 Å². The predicted octanol–water partition coefficient (Wildman–Crippen LogP) is 8.78. The van der Waals surface area contributed by atoms with E-state index in [2.05, 4.69) is 88.5 Å². The number of aromatic nitrogens is 1. The number of nitrogens with zero attached hydrogens (tertiary/aromatic N) is 3. The fourth-order valence-corrected chi connectivity index (χ4v) is 7.90. The van der Waals surface area contributed by atoms with E-state index in [-0.39, 0.29) is 11.9 Å². The monoisotopic (exact) mass is 547 g/mol. The van der Waals surface area contributed by atoms with Crippen molar-refractivity contribution in [3.05, 3.63) is 89.0 Å². The van der Waals surface area contributed by atoms with Crippen LogP contribution < -0.4 is 0 Å². The molecule has 2 saturated carbocycles. The van der Waals surface area contributed by atoms with Crippen LogP contribution >= 0.6 is 11.8 Å². The summed E-state index contributed by atoms with van der Waals surface area (Å²) in [6.07, 6.45) is 16.3. The number of para-hydroxylation sites is 1. The molecule has 40 heavy (non-hydrogen) atoms. The lowest BCUT2D eigenvalue weighted by atomic mass is 9.94. The summed E-state index contributed by atoms with van der Waals surface area (Å²) < 4.78 is 2.33. The molecule has 4 aromatic rings. The smallest absolute Gasteiger partial charge is 0.267 e. The van der Waals surface area contributed by atoms with Gasteiger partial charge in [0.15, 0.2) is 5.17 Å². The number of carbonyl (C=O) groups is 1. The number of amidine groups is 1. The van der Waals surface area contributed by atoms with E-state index >= 15 is 0 Å². The van der Waals surface area contributed by atoms with Gasteiger partial charge in [-0.2, -0.15) is 0 Å². The van der Waals surface area contributed by atoms with Crippen LogP contribution in [0.5, 0.6) is 0 Å². The minimum atomic E-state index is 0.151. The molecule has 1 aliphatic heterocycles. The number of hydrogen-bond acceptors (Lipinski definition) is 3. The normalized spacial score (nSPS) is 21.4. The Morgan fingerprint density at radius 1 is 0.825 bits per heavy atom. The quantitative estimate of drug-likeness (QED) is 0.234. The summed E-state index contributed by atoms with van der Waals surface area (Å²) >= 11 is 1.61. The molecule has 0 atom stereocenters. The summed E-state index contributed by atoms with van der Waals surface area (Å²) in [5.74, 6) is 0.151. The molecule has 2 heterocycles. The molecule has 2 aliphatic carbocycles. The minimum Gasteiger partial charge on any atom is -0.342 e. The Labute approximate surface area is 241 Å². The average molecular weight is 548 g/mol. The van der Waals surface area contributed by atoms with Crippen molar-refractivity contribution in [2.45, 2.75) is 82.8 Å². The molecule has 5 heteroatoms. The van der Waals surface area contributed by atoms with E-state index in [1.54, 1.807) is 11.8 Å². The van der Waals surface area contributed by atoms with Crippen LogP contribution in [0, 0.1) is 0 Å². The van der Waals surface area contributed by atoms with Gasteiger partial charge in [0.05, 0.1) is 10.9 Å². The van der Waals surface area contributed by atoms with Crippen molar-refractivity contribution in [1.29, 1.82) is 0 Å².